The first-order valence-electron chi connectivity index (χ1n) is 4.90. The maximum Gasteiger partial charge on any atom is 0.107 e. The molecule has 0 spiro atoms. The van der Waals surface area contributed by atoms with Gasteiger partial charge in [0, 0.05) is 12.0 Å². The number of nitrogens with two attached hydrogens (primary N) is 1. The van der Waals surface area contributed by atoms with E-state index in [-0.39, 0.29) is 6.04 Å². The zero-order valence-electron chi connectivity index (χ0n) is 8.66. The topological polar surface area (TPSA) is 39.2 Å². The third-order valence-electron chi connectivity index (χ3n) is 2.34. The van der Waals surface area contributed by atoms with Crippen molar-refractivity contribution in [3.8, 4) is 0 Å². The Morgan fingerprint density at radius 1 is 1.38 bits per heavy atom. The number of rotatable bonds is 4. The highest BCUT2D eigenvalue weighted by atomic mass is 16.3. The first kappa shape index (κ1) is 10.3. The second kappa shape index (κ2) is 4.47. The van der Waals surface area contributed by atoms with Gasteiger partial charge in [-0.15, -0.1) is 0 Å². The molecule has 0 aromatic carbocycles. The summed E-state index contributed by atoms with van der Waals surface area (Å²) < 4.78 is 5.40. The average molecular weight is 181 g/mol. The molecule has 74 valence electrons. The minimum absolute atomic E-state index is 0.234. The highest BCUT2D eigenvalue weighted by molar-refractivity contribution is 5.06. The van der Waals surface area contributed by atoms with E-state index in [0.29, 0.717) is 11.8 Å². The average Bonchev–Trinajstić information content (AvgIpc) is 2.50. The fourth-order valence-electron chi connectivity index (χ4n) is 1.62. The van der Waals surface area contributed by atoms with Crippen molar-refractivity contribution in [2.75, 3.05) is 0 Å². The van der Waals surface area contributed by atoms with Gasteiger partial charge in [-0.25, -0.2) is 0 Å². The summed E-state index contributed by atoms with van der Waals surface area (Å²) in [5.41, 5.74) is 5.80. The molecule has 2 atom stereocenters. The van der Waals surface area contributed by atoms with Gasteiger partial charge < -0.3 is 10.2 Å². The van der Waals surface area contributed by atoms with Crippen LogP contribution >= 0.6 is 0 Å². The summed E-state index contributed by atoms with van der Waals surface area (Å²) in [6, 6.07) is 4.20. The molecule has 2 heteroatoms. The summed E-state index contributed by atoms with van der Waals surface area (Å²) in [5.74, 6) is 2.10. The van der Waals surface area contributed by atoms with Gasteiger partial charge in [-0.1, -0.05) is 13.8 Å². The van der Waals surface area contributed by atoms with Crippen molar-refractivity contribution in [2.45, 2.75) is 39.2 Å². The molecule has 0 saturated carbocycles. The van der Waals surface area contributed by atoms with E-state index in [0.717, 1.165) is 12.2 Å². The molecule has 1 heterocycles. The standard InChI is InChI=1S/C11H19NO/c1-8(2)10(7-9(3)12)11-5-4-6-13-11/h4-6,8-10H,7,12H2,1-3H3. The Morgan fingerprint density at radius 2 is 2.08 bits per heavy atom. The molecular formula is C11H19NO. The van der Waals surface area contributed by atoms with Crippen LogP contribution in [0.15, 0.2) is 22.8 Å². The molecular weight excluding hydrogens is 162 g/mol. The van der Waals surface area contributed by atoms with Gasteiger partial charge in [0.05, 0.1) is 6.26 Å². The fourth-order valence-corrected chi connectivity index (χ4v) is 1.62. The Morgan fingerprint density at radius 3 is 2.46 bits per heavy atom. The fraction of sp³-hybridized carbons (Fsp3) is 0.636. The van der Waals surface area contributed by atoms with Crippen LogP contribution < -0.4 is 5.73 Å². The van der Waals surface area contributed by atoms with Gasteiger partial charge in [-0.05, 0) is 31.4 Å². The van der Waals surface area contributed by atoms with Crippen LogP contribution in [0.2, 0.25) is 0 Å². The van der Waals surface area contributed by atoms with Crippen LogP contribution in [0.4, 0.5) is 0 Å². The number of furan rings is 1. The van der Waals surface area contributed by atoms with Crippen LogP contribution in [0, 0.1) is 5.92 Å². The van der Waals surface area contributed by atoms with E-state index < -0.39 is 0 Å². The Balaban J connectivity index is 2.69. The normalized spacial score (nSPS) is 16.1. The molecule has 0 aliphatic carbocycles. The molecule has 0 aliphatic heterocycles. The van der Waals surface area contributed by atoms with Crippen LogP contribution in [0.5, 0.6) is 0 Å². The van der Waals surface area contributed by atoms with Gasteiger partial charge in [0.25, 0.3) is 0 Å². The van der Waals surface area contributed by atoms with E-state index >= 15 is 0 Å². The molecule has 0 amide bonds. The summed E-state index contributed by atoms with van der Waals surface area (Å²) in [6.07, 6.45) is 2.72. The third-order valence-corrected chi connectivity index (χ3v) is 2.34. The van der Waals surface area contributed by atoms with Crippen molar-refractivity contribution >= 4 is 0 Å². The molecule has 1 rings (SSSR count). The largest absolute Gasteiger partial charge is 0.469 e. The van der Waals surface area contributed by atoms with Gasteiger partial charge in [-0.3, -0.25) is 0 Å². The highest BCUT2D eigenvalue weighted by Gasteiger charge is 2.19. The summed E-state index contributed by atoms with van der Waals surface area (Å²) in [6.45, 7) is 6.45. The second-order valence-electron chi connectivity index (χ2n) is 4.08. The summed E-state index contributed by atoms with van der Waals surface area (Å²) in [7, 11) is 0. The summed E-state index contributed by atoms with van der Waals surface area (Å²) >= 11 is 0. The van der Waals surface area contributed by atoms with Crippen molar-refractivity contribution in [1.29, 1.82) is 0 Å². The van der Waals surface area contributed by atoms with E-state index in [4.69, 9.17) is 10.2 Å². The minimum atomic E-state index is 0.234. The van der Waals surface area contributed by atoms with Crippen LogP contribution in [-0.2, 0) is 0 Å². The van der Waals surface area contributed by atoms with Crippen molar-refractivity contribution in [2.24, 2.45) is 11.7 Å². The first-order chi connectivity index (χ1) is 6.11. The molecule has 1 aromatic heterocycles. The van der Waals surface area contributed by atoms with E-state index in [9.17, 15) is 0 Å². The Labute approximate surface area is 80.1 Å². The lowest BCUT2D eigenvalue weighted by Crippen LogP contribution is -2.21. The Kier molecular flexibility index (Phi) is 3.55. The summed E-state index contributed by atoms with van der Waals surface area (Å²) in [4.78, 5) is 0. The monoisotopic (exact) mass is 181 g/mol. The van der Waals surface area contributed by atoms with Gasteiger partial charge in [0.15, 0.2) is 0 Å². The quantitative estimate of drug-likeness (QED) is 0.775. The lowest BCUT2D eigenvalue weighted by atomic mass is 9.88. The highest BCUT2D eigenvalue weighted by Crippen LogP contribution is 2.28. The van der Waals surface area contributed by atoms with E-state index in [1.807, 2.05) is 19.1 Å². The Hall–Kier alpha value is -0.760. The van der Waals surface area contributed by atoms with Gasteiger partial charge in [0.2, 0.25) is 0 Å². The summed E-state index contributed by atoms with van der Waals surface area (Å²) in [5, 5.41) is 0. The lowest BCUT2D eigenvalue weighted by Gasteiger charge is -2.20. The van der Waals surface area contributed by atoms with Crippen LogP contribution in [0.3, 0.4) is 0 Å². The van der Waals surface area contributed by atoms with Gasteiger partial charge >= 0.3 is 0 Å². The van der Waals surface area contributed by atoms with Crippen molar-refractivity contribution in [3.63, 3.8) is 0 Å². The number of hydrogen-bond donors (Lipinski definition) is 1. The molecule has 2 N–H and O–H groups in total. The molecule has 0 aliphatic rings. The molecule has 0 saturated heterocycles. The maximum atomic E-state index is 5.80. The molecule has 0 bridgehead atoms. The van der Waals surface area contributed by atoms with E-state index in [1.54, 1.807) is 6.26 Å². The molecule has 1 aromatic rings. The first-order valence-corrected chi connectivity index (χ1v) is 4.90. The van der Waals surface area contributed by atoms with E-state index in [1.165, 1.54) is 0 Å². The number of hydrogen-bond acceptors (Lipinski definition) is 2. The van der Waals surface area contributed by atoms with E-state index in [2.05, 4.69) is 13.8 Å². The molecule has 2 nitrogen and oxygen atoms in total. The molecule has 13 heavy (non-hydrogen) atoms. The lowest BCUT2D eigenvalue weighted by molar-refractivity contribution is 0.362. The van der Waals surface area contributed by atoms with Crippen molar-refractivity contribution in [3.05, 3.63) is 24.2 Å². The van der Waals surface area contributed by atoms with Crippen LogP contribution in [0.25, 0.3) is 0 Å². The van der Waals surface area contributed by atoms with Crippen molar-refractivity contribution < 1.29 is 4.42 Å². The van der Waals surface area contributed by atoms with Crippen LogP contribution in [0.1, 0.15) is 38.9 Å². The van der Waals surface area contributed by atoms with Gasteiger partial charge in [-0.2, -0.15) is 0 Å². The van der Waals surface area contributed by atoms with Crippen molar-refractivity contribution in [1.82, 2.24) is 0 Å². The smallest absolute Gasteiger partial charge is 0.107 e. The van der Waals surface area contributed by atoms with Crippen LogP contribution in [-0.4, -0.2) is 6.04 Å². The zero-order chi connectivity index (χ0) is 9.84. The SMILES string of the molecule is CC(N)CC(c1ccco1)C(C)C. The Bertz CT molecular complexity index is 226. The minimum Gasteiger partial charge on any atom is -0.469 e. The van der Waals surface area contributed by atoms with Gasteiger partial charge in [0.1, 0.15) is 5.76 Å². The third kappa shape index (κ3) is 2.88. The molecule has 2 unspecified atom stereocenters. The predicted octanol–water partition coefficient (Wildman–Crippen LogP) is 2.76. The predicted molar refractivity (Wildman–Crippen MR) is 54.6 cm³/mol. The second-order valence-corrected chi connectivity index (χ2v) is 4.08. The molecule has 0 radical (unpaired) electrons. The molecule has 0 fully saturated rings. The maximum absolute atomic E-state index is 5.80. The zero-order valence-corrected chi connectivity index (χ0v) is 8.66.